The first-order valence-corrected chi connectivity index (χ1v) is 13.8. The van der Waals surface area contributed by atoms with E-state index in [2.05, 4.69) is 4.98 Å². The molecule has 180 valence electrons. The first kappa shape index (κ1) is 23.6. The van der Waals surface area contributed by atoms with Crippen molar-refractivity contribution in [3.8, 4) is 0 Å². The fraction of sp³-hybridized carbons (Fsp3) is 0.269. The van der Waals surface area contributed by atoms with Crippen molar-refractivity contribution in [1.82, 2.24) is 14.3 Å². The molecule has 1 aliphatic heterocycles. The normalized spacial score (nSPS) is 16.9. The van der Waals surface area contributed by atoms with E-state index in [9.17, 15) is 13.2 Å². The Morgan fingerprint density at radius 1 is 1.11 bits per heavy atom. The van der Waals surface area contributed by atoms with Crippen molar-refractivity contribution in [1.29, 1.82) is 0 Å². The van der Waals surface area contributed by atoms with Crippen molar-refractivity contribution in [3.05, 3.63) is 84.2 Å². The average Bonchev–Trinajstić information content (AvgIpc) is 3.33. The molecule has 35 heavy (non-hydrogen) atoms. The number of para-hydroxylation sites is 1. The molecule has 1 saturated heterocycles. The lowest BCUT2D eigenvalue weighted by molar-refractivity contribution is -0.123. The summed E-state index contributed by atoms with van der Waals surface area (Å²) in [5.74, 6) is -0.564. The number of carbonyl (C=O) groups is 1. The lowest BCUT2D eigenvalue weighted by atomic mass is 9.98. The fourth-order valence-electron chi connectivity index (χ4n) is 4.43. The first-order chi connectivity index (χ1) is 16.9. The highest BCUT2D eigenvalue weighted by Gasteiger charge is 2.36. The number of amides is 1. The first-order valence-electron chi connectivity index (χ1n) is 11.5. The van der Waals surface area contributed by atoms with E-state index in [1.165, 1.54) is 15.6 Å². The molecule has 4 aromatic rings. The van der Waals surface area contributed by atoms with Gasteiger partial charge < -0.3 is 0 Å². The van der Waals surface area contributed by atoms with Gasteiger partial charge >= 0.3 is 0 Å². The molecule has 1 fully saturated rings. The maximum atomic E-state index is 13.9. The second-order valence-electron chi connectivity index (χ2n) is 8.72. The summed E-state index contributed by atoms with van der Waals surface area (Å²) in [7, 11) is -3.66. The van der Waals surface area contributed by atoms with E-state index in [1.807, 2.05) is 37.3 Å². The summed E-state index contributed by atoms with van der Waals surface area (Å²) in [5, 5.41) is 0.617. The molecule has 2 aromatic heterocycles. The highest BCUT2D eigenvalue weighted by atomic mass is 32.2. The number of hydrogen-bond acceptors (Lipinski definition) is 6. The van der Waals surface area contributed by atoms with E-state index in [0.717, 1.165) is 21.3 Å². The Kier molecular flexibility index (Phi) is 6.64. The summed E-state index contributed by atoms with van der Waals surface area (Å²) in [6, 6.07) is 18.2. The van der Waals surface area contributed by atoms with Crippen molar-refractivity contribution in [2.45, 2.75) is 31.2 Å². The Morgan fingerprint density at radius 2 is 1.94 bits per heavy atom. The number of thiazole rings is 1. The Bertz CT molecular complexity index is 1440. The number of aryl methyl sites for hydroxylation is 1. The third-order valence-corrected chi connectivity index (χ3v) is 9.21. The number of nitrogens with zero attached hydrogens (tertiary/aromatic N) is 4. The van der Waals surface area contributed by atoms with Crippen LogP contribution in [0.2, 0.25) is 0 Å². The summed E-state index contributed by atoms with van der Waals surface area (Å²) < 4.78 is 28.9. The van der Waals surface area contributed by atoms with Gasteiger partial charge in [-0.1, -0.05) is 47.7 Å². The molecule has 0 aliphatic carbocycles. The van der Waals surface area contributed by atoms with Crippen LogP contribution in [0, 0.1) is 12.8 Å². The number of aromatic nitrogens is 2. The predicted octanol–water partition coefficient (Wildman–Crippen LogP) is 4.63. The summed E-state index contributed by atoms with van der Waals surface area (Å²) in [4.78, 5) is 24.9. The monoisotopic (exact) mass is 506 g/mol. The van der Waals surface area contributed by atoms with Gasteiger partial charge in [0, 0.05) is 25.5 Å². The molecule has 7 nitrogen and oxygen atoms in total. The molecule has 0 radical (unpaired) electrons. The molecule has 1 aliphatic rings. The maximum absolute atomic E-state index is 13.9. The zero-order valence-corrected chi connectivity index (χ0v) is 21.0. The molecule has 1 unspecified atom stereocenters. The number of piperidine rings is 1. The summed E-state index contributed by atoms with van der Waals surface area (Å²) in [6.07, 6.45) is 4.70. The summed E-state index contributed by atoms with van der Waals surface area (Å²) in [6.45, 7) is 2.90. The van der Waals surface area contributed by atoms with E-state index in [4.69, 9.17) is 4.98 Å². The molecular formula is C26H26N4O3S2. The lowest BCUT2D eigenvalue weighted by Crippen LogP contribution is -2.46. The Balaban J connectivity index is 1.46. The van der Waals surface area contributed by atoms with Crippen molar-refractivity contribution >= 4 is 42.6 Å². The predicted molar refractivity (Wildman–Crippen MR) is 138 cm³/mol. The van der Waals surface area contributed by atoms with Crippen LogP contribution in [0.3, 0.4) is 0 Å². The van der Waals surface area contributed by atoms with E-state index in [0.29, 0.717) is 31.1 Å². The zero-order chi connectivity index (χ0) is 24.4. The standard InChI is InChI=1S/C26H26N4O3S2/c1-19-8-5-13-23-24(19)28-26(34-23)30(17-20-9-6-14-27-16-20)25(31)21-10-7-15-29(18-21)35(32,33)22-11-3-2-4-12-22/h2-6,8-9,11-14,16,21H,7,10,15,17-18H2,1H3. The minimum absolute atomic E-state index is 0.112. The van der Waals surface area contributed by atoms with Crippen LogP contribution in [0.15, 0.2) is 78.0 Å². The molecule has 3 heterocycles. The van der Waals surface area contributed by atoms with E-state index in [-0.39, 0.29) is 17.3 Å². The smallest absolute Gasteiger partial charge is 0.243 e. The van der Waals surface area contributed by atoms with Crippen LogP contribution >= 0.6 is 11.3 Å². The average molecular weight is 507 g/mol. The van der Waals surface area contributed by atoms with Crippen molar-refractivity contribution in [2.24, 2.45) is 5.92 Å². The van der Waals surface area contributed by atoms with Crippen LogP contribution in [-0.2, 0) is 21.4 Å². The Morgan fingerprint density at radius 3 is 2.69 bits per heavy atom. The van der Waals surface area contributed by atoms with E-state index in [1.54, 1.807) is 47.6 Å². The number of rotatable bonds is 6. The molecule has 0 N–H and O–H groups in total. The molecule has 1 amide bonds. The van der Waals surface area contributed by atoms with Crippen molar-refractivity contribution in [2.75, 3.05) is 18.0 Å². The quantitative estimate of drug-likeness (QED) is 0.381. The molecule has 2 aromatic carbocycles. The van der Waals surface area contributed by atoms with Crippen LogP contribution in [-0.4, -0.2) is 41.7 Å². The Labute approximate surface area is 209 Å². The van der Waals surface area contributed by atoms with Crippen LogP contribution < -0.4 is 4.90 Å². The van der Waals surface area contributed by atoms with Crippen LogP contribution in [0.1, 0.15) is 24.0 Å². The van der Waals surface area contributed by atoms with E-state index >= 15 is 0 Å². The topological polar surface area (TPSA) is 83.5 Å². The van der Waals surface area contributed by atoms with Crippen LogP contribution in [0.4, 0.5) is 5.13 Å². The molecule has 0 spiro atoms. The number of benzene rings is 2. The molecule has 0 bridgehead atoms. The third kappa shape index (κ3) is 4.84. The summed E-state index contributed by atoms with van der Waals surface area (Å²) >= 11 is 1.48. The number of carbonyl (C=O) groups excluding carboxylic acids is 1. The van der Waals surface area contributed by atoms with Gasteiger partial charge in [-0.05, 0) is 55.2 Å². The minimum Gasteiger partial charge on any atom is -0.283 e. The van der Waals surface area contributed by atoms with Gasteiger partial charge in [0.15, 0.2) is 5.13 Å². The highest BCUT2D eigenvalue weighted by molar-refractivity contribution is 7.89. The number of pyridine rings is 1. The minimum atomic E-state index is -3.66. The molecular weight excluding hydrogens is 480 g/mol. The number of anilines is 1. The van der Waals surface area contributed by atoms with E-state index < -0.39 is 15.9 Å². The van der Waals surface area contributed by atoms with Crippen LogP contribution in [0.25, 0.3) is 10.2 Å². The van der Waals surface area contributed by atoms with Crippen molar-refractivity contribution in [3.63, 3.8) is 0 Å². The fourth-order valence-corrected chi connectivity index (χ4v) is 7.02. The molecule has 0 saturated carbocycles. The summed E-state index contributed by atoms with van der Waals surface area (Å²) in [5.41, 5.74) is 2.83. The Hall–Kier alpha value is -3.14. The highest BCUT2D eigenvalue weighted by Crippen LogP contribution is 2.34. The van der Waals surface area contributed by atoms with Gasteiger partial charge in [0.05, 0.1) is 27.6 Å². The lowest BCUT2D eigenvalue weighted by Gasteiger charge is -2.33. The molecule has 1 atom stereocenters. The van der Waals surface area contributed by atoms with Gasteiger partial charge in [0.25, 0.3) is 0 Å². The van der Waals surface area contributed by atoms with Gasteiger partial charge in [-0.15, -0.1) is 0 Å². The molecule has 5 rings (SSSR count). The van der Waals surface area contributed by atoms with Crippen molar-refractivity contribution < 1.29 is 13.2 Å². The third-order valence-electron chi connectivity index (χ3n) is 6.28. The number of fused-ring (bicyclic) bond motifs is 1. The second-order valence-corrected chi connectivity index (χ2v) is 11.7. The van der Waals surface area contributed by atoms with Crippen LogP contribution in [0.5, 0.6) is 0 Å². The van der Waals surface area contributed by atoms with Gasteiger partial charge in [-0.2, -0.15) is 4.31 Å². The number of sulfonamides is 1. The second kappa shape index (κ2) is 9.85. The number of hydrogen-bond donors (Lipinski definition) is 0. The van der Waals surface area contributed by atoms with Gasteiger partial charge in [-0.3, -0.25) is 14.7 Å². The van der Waals surface area contributed by atoms with Gasteiger partial charge in [-0.25, -0.2) is 13.4 Å². The molecule has 9 heteroatoms. The maximum Gasteiger partial charge on any atom is 0.243 e. The van der Waals surface area contributed by atoms with Gasteiger partial charge in [0.1, 0.15) is 0 Å². The zero-order valence-electron chi connectivity index (χ0n) is 19.4. The van der Waals surface area contributed by atoms with Gasteiger partial charge in [0.2, 0.25) is 15.9 Å². The largest absolute Gasteiger partial charge is 0.283 e. The SMILES string of the molecule is Cc1cccc2sc(N(Cc3cccnc3)C(=O)C3CCCN(S(=O)(=O)c4ccccc4)C3)nc12.